The maximum Gasteiger partial charge on any atom is 0.222 e. The number of hydrogen-bond acceptors (Lipinski definition) is 2. The molecule has 1 aromatic carbocycles. The lowest BCUT2D eigenvalue weighted by Gasteiger charge is -2.29. The normalized spacial score (nSPS) is 13.6. The van der Waals surface area contributed by atoms with Crippen LogP contribution in [0.3, 0.4) is 0 Å². The van der Waals surface area contributed by atoms with Gasteiger partial charge in [-0.2, -0.15) is 0 Å². The molecule has 0 fully saturated rings. The van der Waals surface area contributed by atoms with E-state index in [1.807, 2.05) is 4.90 Å². The number of rotatable bonds is 9. The standard InChI is InChI=1S/C21H34N4O.HI/c1-3-4-5-8-14-23-21(22-2)24-15-9-12-20(26)25-16-13-18-10-6-7-11-19(18)17-25;/h6-7,10-11H,3-5,8-9,12-17H2,1-2H3,(H2,22,23,24);1H. The highest BCUT2D eigenvalue weighted by Crippen LogP contribution is 2.19. The number of hydrogen-bond donors (Lipinski definition) is 2. The van der Waals surface area contributed by atoms with Crippen molar-refractivity contribution in [3.05, 3.63) is 35.4 Å². The minimum atomic E-state index is 0. The molecule has 0 saturated carbocycles. The number of amides is 1. The zero-order valence-electron chi connectivity index (χ0n) is 16.8. The average molecular weight is 486 g/mol. The molecule has 0 unspecified atom stereocenters. The Balaban J connectivity index is 0.00000364. The van der Waals surface area contributed by atoms with Gasteiger partial charge in [0.25, 0.3) is 0 Å². The second-order valence-electron chi connectivity index (χ2n) is 6.92. The number of nitrogens with one attached hydrogen (secondary N) is 2. The molecule has 1 aliphatic heterocycles. The minimum absolute atomic E-state index is 0. The Bertz CT molecular complexity index is 591. The molecule has 0 aromatic heterocycles. The van der Waals surface area contributed by atoms with Crippen molar-refractivity contribution in [1.82, 2.24) is 15.5 Å². The van der Waals surface area contributed by atoms with Gasteiger partial charge in [-0.3, -0.25) is 9.79 Å². The van der Waals surface area contributed by atoms with E-state index in [4.69, 9.17) is 0 Å². The van der Waals surface area contributed by atoms with Crippen molar-refractivity contribution in [2.75, 3.05) is 26.7 Å². The molecule has 0 saturated heterocycles. The van der Waals surface area contributed by atoms with E-state index in [2.05, 4.69) is 46.8 Å². The quantitative estimate of drug-likeness (QED) is 0.242. The second kappa shape index (κ2) is 13.8. The molecule has 0 atom stereocenters. The molecule has 0 radical (unpaired) electrons. The van der Waals surface area contributed by atoms with Crippen molar-refractivity contribution in [1.29, 1.82) is 0 Å². The molecule has 27 heavy (non-hydrogen) atoms. The van der Waals surface area contributed by atoms with E-state index in [9.17, 15) is 4.79 Å². The van der Waals surface area contributed by atoms with Crippen LogP contribution in [0.15, 0.2) is 29.3 Å². The lowest BCUT2D eigenvalue weighted by atomic mass is 9.99. The highest BCUT2D eigenvalue weighted by atomic mass is 127. The summed E-state index contributed by atoms with van der Waals surface area (Å²) in [5, 5.41) is 6.64. The van der Waals surface area contributed by atoms with Crippen LogP contribution >= 0.6 is 24.0 Å². The second-order valence-corrected chi connectivity index (χ2v) is 6.92. The topological polar surface area (TPSA) is 56.7 Å². The fraction of sp³-hybridized carbons (Fsp3) is 0.619. The maximum absolute atomic E-state index is 12.4. The summed E-state index contributed by atoms with van der Waals surface area (Å²) in [6.07, 6.45) is 7.35. The number of guanidine groups is 1. The largest absolute Gasteiger partial charge is 0.356 e. The maximum atomic E-state index is 12.4. The third-order valence-electron chi connectivity index (χ3n) is 4.89. The third-order valence-corrected chi connectivity index (χ3v) is 4.89. The van der Waals surface area contributed by atoms with E-state index in [0.717, 1.165) is 45.0 Å². The first-order valence-corrected chi connectivity index (χ1v) is 10.0. The Morgan fingerprint density at radius 3 is 2.48 bits per heavy atom. The summed E-state index contributed by atoms with van der Waals surface area (Å²) in [6, 6.07) is 8.43. The van der Waals surface area contributed by atoms with Gasteiger partial charge >= 0.3 is 0 Å². The highest BCUT2D eigenvalue weighted by molar-refractivity contribution is 14.0. The van der Waals surface area contributed by atoms with E-state index < -0.39 is 0 Å². The first kappa shape index (κ1) is 23.7. The van der Waals surface area contributed by atoms with Gasteiger partial charge in [0.05, 0.1) is 0 Å². The Labute approximate surface area is 181 Å². The Hall–Kier alpha value is -1.31. The van der Waals surface area contributed by atoms with Crippen molar-refractivity contribution in [3.8, 4) is 0 Å². The van der Waals surface area contributed by atoms with E-state index in [1.54, 1.807) is 7.05 Å². The summed E-state index contributed by atoms with van der Waals surface area (Å²) in [5.74, 6) is 1.09. The van der Waals surface area contributed by atoms with Gasteiger partial charge in [-0.1, -0.05) is 50.5 Å². The van der Waals surface area contributed by atoms with Gasteiger partial charge in [-0.05, 0) is 30.4 Å². The van der Waals surface area contributed by atoms with Crippen molar-refractivity contribution < 1.29 is 4.79 Å². The van der Waals surface area contributed by atoms with Crippen LogP contribution in [-0.4, -0.2) is 43.4 Å². The number of fused-ring (bicyclic) bond motifs is 1. The smallest absolute Gasteiger partial charge is 0.222 e. The number of benzene rings is 1. The summed E-state index contributed by atoms with van der Waals surface area (Å²) < 4.78 is 0. The van der Waals surface area contributed by atoms with Gasteiger partial charge in [0.2, 0.25) is 5.91 Å². The van der Waals surface area contributed by atoms with Crippen molar-refractivity contribution in [3.63, 3.8) is 0 Å². The van der Waals surface area contributed by atoms with Crippen molar-refractivity contribution >= 4 is 35.8 Å². The summed E-state index contributed by atoms with van der Waals surface area (Å²) in [7, 11) is 1.79. The fourth-order valence-corrected chi connectivity index (χ4v) is 3.29. The van der Waals surface area contributed by atoms with E-state index in [0.29, 0.717) is 6.42 Å². The molecule has 0 aliphatic carbocycles. The number of carbonyl (C=O) groups is 1. The molecule has 0 bridgehead atoms. The fourth-order valence-electron chi connectivity index (χ4n) is 3.29. The van der Waals surface area contributed by atoms with Gasteiger partial charge in [0.1, 0.15) is 0 Å². The van der Waals surface area contributed by atoms with Crippen LogP contribution in [0.1, 0.15) is 56.6 Å². The molecular formula is C21H35IN4O. The zero-order chi connectivity index (χ0) is 18.6. The van der Waals surface area contributed by atoms with E-state index in [-0.39, 0.29) is 29.9 Å². The predicted molar refractivity (Wildman–Crippen MR) is 124 cm³/mol. The molecule has 6 heteroatoms. The van der Waals surface area contributed by atoms with Crippen LogP contribution in [0, 0.1) is 0 Å². The number of halogens is 1. The first-order valence-electron chi connectivity index (χ1n) is 10.0. The predicted octanol–water partition coefficient (Wildman–Crippen LogP) is 3.71. The molecule has 1 aromatic rings. The van der Waals surface area contributed by atoms with Crippen LogP contribution in [0.25, 0.3) is 0 Å². The van der Waals surface area contributed by atoms with Gasteiger partial charge in [0.15, 0.2) is 5.96 Å². The van der Waals surface area contributed by atoms with Crippen LogP contribution < -0.4 is 10.6 Å². The number of aliphatic imine (C=N–C) groups is 1. The van der Waals surface area contributed by atoms with E-state index >= 15 is 0 Å². The summed E-state index contributed by atoms with van der Waals surface area (Å²) >= 11 is 0. The SMILES string of the molecule is CCCCCCNC(=NC)NCCCC(=O)N1CCc2ccccc2C1.I. The lowest BCUT2D eigenvalue weighted by Crippen LogP contribution is -2.39. The Kier molecular flexibility index (Phi) is 12.1. The number of unbranched alkanes of at least 4 members (excludes halogenated alkanes) is 3. The highest BCUT2D eigenvalue weighted by Gasteiger charge is 2.19. The van der Waals surface area contributed by atoms with Crippen molar-refractivity contribution in [2.45, 2.75) is 58.4 Å². The van der Waals surface area contributed by atoms with Crippen molar-refractivity contribution in [2.24, 2.45) is 4.99 Å². The number of nitrogens with zero attached hydrogens (tertiary/aromatic N) is 2. The van der Waals surface area contributed by atoms with Crippen LogP contribution in [0.5, 0.6) is 0 Å². The minimum Gasteiger partial charge on any atom is -0.356 e. The average Bonchev–Trinajstić information content (AvgIpc) is 2.68. The van der Waals surface area contributed by atoms with Gasteiger partial charge in [0, 0.05) is 39.6 Å². The Morgan fingerprint density at radius 1 is 1.07 bits per heavy atom. The molecule has 5 nitrogen and oxygen atoms in total. The molecule has 1 amide bonds. The monoisotopic (exact) mass is 486 g/mol. The van der Waals surface area contributed by atoms with Crippen LogP contribution in [0.4, 0.5) is 0 Å². The molecular weight excluding hydrogens is 451 g/mol. The van der Waals surface area contributed by atoms with E-state index in [1.165, 1.54) is 36.8 Å². The number of carbonyl (C=O) groups excluding carboxylic acids is 1. The molecule has 1 aliphatic rings. The summed E-state index contributed by atoms with van der Waals surface area (Å²) in [6.45, 7) is 5.53. The van der Waals surface area contributed by atoms with Gasteiger partial charge < -0.3 is 15.5 Å². The van der Waals surface area contributed by atoms with Crippen LogP contribution in [0.2, 0.25) is 0 Å². The molecule has 152 valence electrons. The van der Waals surface area contributed by atoms with Gasteiger partial charge in [-0.25, -0.2) is 0 Å². The summed E-state index contributed by atoms with van der Waals surface area (Å²) in [5.41, 5.74) is 2.67. The lowest BCUT2D eigenvalue weighted by molar-refractivity contribution is -0.132. The molecule has 1 heterocycles. The zero-order valence-corrected chi connectivity index (χ0v) is 19.1. The Morgan fingerprint density at radius 2 is 1.78 bits per heavy atom. The molecule has 2 rings (SSSR count). The van der Waals surface area contributed by atoms with Gasteiger partial charge in [-0.15, -0.1) is 24.0 Å². The molecule has 0 spiro atoms. The first-order chi connectivity index (χ1) is 12.7. The third kappa shape index (κ3) is 8.49. The van der Waals surface area contributed by atoms with Crippen LogP contribution in [-0.2, 0) is 17.8 Å². The molecule has 2 N–H and O–H groups in total. The summed E-state index contributed by atoms with van der Waals surface area (Å²) in [4.78, 5) is 18.7.